The fourth-order valence-electron chi connectivity index (χ4n) is 2.57. The van der Waals surface area contributed by atoms with Crippen molar-refractivity contribution < 1.29 is 9.90 Å². The zero-order valence-electron chi connectivity index (χ0n) is 12.3. The number of hydrogen-bond donors (Lipinski definition) is 1. The van der Waals surface area contributed by atoms with E-state index in [9.17, 15) is 14.7 Å². The molecule has 0 bridgehead atoms. The van der Waals surface area contributed by atoms with Gasteiger partial charge >= 0.3 is 0 Å². The average Bonchev–Trinajstić information content (AvgIpc) is 2.53. The predicted molar refractivity (Wildman–Crippen MR) is 85.5 cm³/mol. The maximum atomic E-state index is 12.7. The second kappa shape index (κ2) is 5.15. The monoisotopic (exact) mass is 293 g/mol. The summed E-state index contributed by atoms with van der Waals surface area (Å²) in [6.07, 6.45) is 0. The third-order valence-corrected chi connectivity index (χ3v) is 3.81. The normalized spacial score (nSPS) is 10.8. The van der Waals surface area contributed by atoms with Crippen LogP contribution in [-0.4, -0.2) is 15.5 Å². The van der Waals surface area contributed by atoms with Crippen LogP contribution in [0.5, 0.6) is 5.75 Å². The van der Waals surface area contributed by atoms with Crippen LogP contribution >= 0.6 is 0 Å². The van der Waals surface area contributed by atoms with E-state index in [0.717, 1.165) is 5.56 Å². The first-order valence-electron chi connectivity index (χ1n) is 6.92. The van der Waals surface area contributed by atoms with E-state index in [1.54, 1.807) is 48.0 Å². The number of nitrogens with zero attached hydrogens (tertiary/aromatic N) is 1. The summed E-state index contributed by atoms with van der Waals surface area (Å²) in [5, 5.41) is 10.6. The van der Waals surface area contributed by atoms with Crippen molar-refractivity contribution in [1.82, 2.24) is 4.57 Å². The van der Waals surface area contributed by atoms with Gasteiger partial charge in [-0.15, -0.1) is 0 Å². The third-order valence-electron chi connectivity index (χ3n) is 3.81. The molecule has 1 N–H and O–H groups in total. The van der Waals surface area contributed by atoms with Crippen LogP contribution in [0.4, 0.5) is 0 Å². The lowest BCUT2D eigenvalue weighted by Gasteiger charge is -2.13. The van der Waals surface area contributed by atoms with E-state index in [4.69, 9.17) is 0 Å². The molecular weight excluding hydrogens is 278 g/mol. The Bertz CT molecular complexity index is 937. The van der Waals surface area contributed by atoms with E-state index in [1.807, 2.05) is 19.1 Å². The number of para-hydroxylation sites is 1. The van der Waals surface area contributed by atoms with Crippen LogP contribution in [0.25, 0.3) is 10.9 Å². The first kappa shape index (κ1) is 14.1. The van der Waals surface area contributed by atoms with E-state index >= 15 is 0 Å². The summed E-state index contributed by atoms with van der Waals surface area (Å²) in [6.45, 7) is 1.93. The van der Waals surface area contributed by atoms with Gasteiger partial charge in [0.25, 0.3) is 0 Å². The van der Waals surface area contributed by atoms with E-state index in [0.29, 0.717) is 16.5 Å². The molecule has 3 aromatic rings. The molecule has 0 atom stereocenters. The molecule has 4 nitrogen and oxygen atoms in total. The van der Waals surface area contributed by atoms with Crippen LogP contribution in [0.2, 0.25) is 0 Å². The number of aryl methyl sites for hydroxylation is 2. The topological polar surface area (TPSA) is 59.3 Å². The van der Waals surface area contributed by atoms with E-state index in [2.05, 4.69) is 0 Å². The Hall–Kier alpha value is -2.88. The molecule has 0 saturated heterocycles. The molecule has 0 saturated carbocycles. The molecule has 1 heterocycles. The molecule has 0 aliphatic carbocycles. The van der Waals surface area contributed by atoms with Crippen molar-refractivity contribution in [2.24, 2.45) is 7.05 Å². The van der Waals surface area contributed by atoms with Gasteiger partial charge in [-0.3, -0.25) is 9.59 Å². The summed E-state index contributed by atoms with van der Waals surface area (Å²) in [5.41, 5.74) is 1.57. The molecule has 0 fully saturated rings. The Morgan fingerprint density at radius 3 is 2.36 bits per heavy atom. The van der Waals surface area contributed by atoms with Crippen molar-refractivity contribution in [3.63, 3.8) is 0 Å². The molecule has 1 aromatic heterocycles. The summed E-state index contributed by atoms with van der Waals surface area (Å²) in [5.74, 6) is -0.880. The summed E-state index contributed by atoms with van der Waals surface area (Å²) in [7, 11) is 1.67. The predicted octanol–water partition coefficient (Wildman–Crippen LogP) is 2.78. The van der Waals surface area contributed by atoms with E-state index in [-0.39, 0.29) is 11.5 Å². The van der Waals surface area contributed by atoms with Crippen LogP contribution < -0.4 is 5.43 Å². The van der Waals surface area contributed by atoms with E-state index in [1.165, 1.54) is 0 Å². The number of carbonyl (C=O) groups excluding carboxylic acids is 1. The molecule has 4 heteroatoms. The maximum Gasteiger partial charge on any atom is 0.231 e. The van der Waals surface area contributed by atoms with Crippen molar-refractivity contribution in [1.29, 1.82) is 0 Å². The van der Waals surface area contributed by atoms with Crippen LogP contribution in [0.15, 0.2) is 53.3 Å². The highest BCUT2D eigenvalue weighted by Crippen LogP contribution is 2.22. The fraction of sp³-hybridized carbons (Fsp3) is 0.111. The molecule has 0 amide bonds. The van der Waals surface area contributed by atoms with Gasteiger partial charge in [0.15, 0.2) is 5.75 Å². The molecule has 0 aliphatic rings. The minimum absolute atomic E-state index is 0.00699. The van der Waals surface area contributed by atoms with Gasteiger partial charge in [0.2, 0.25) is 11.2 Å². The standard InChI is InChI=1S/C18H15NO3/c1-11-7-9-12(10-8-11)16(20)15-18(22)17(21)13-5-3-4-6-14(13)19(15)2/h3-10,22H,1-2H3. The van der Waals surface area contributed by atoms with Gasteiger partial charge in [0, 0.05) is 18.0 Å². The minimum Gasteiger partial charge on any atom is -0.503 e. The molecular formula is C18H15NO3. The zero-order valence-corrected chi connectivity index (χ0v) is 12.3. The van der Waals surface area contributed by atoms with Gasteiger partial charge in [-0.05, 0) is 19.1 Å². The highest BCUT2D eigenvalue weighted by molar-refractivity contribution is 6.10. The minimum atomic E-state index is -0.524. The first-order valence-corrected chi connectivity index (χ1v) is 6.92. The maximum absolute atomic E-state index is 12.7. The van der Waals surface area contributed by atoms with Crippen molar-refractivity contribution in [3.05, 3.63) is 75.6 Å². The van der Waals surface area contributed by atoms with Crippen molar-refractivity contribution in [3.8, 4) is 5.75 Å². The molecule has 2 aromatic carbocycles. The van der Waals surface area contributed by atoms with Gasteiger partial charge in [-0.25, -0.2) is 0 Å². The summed E-state index contributed by atoms with van der Waals surface area (Å²) >= 11 is 0. The first-order chi connectivity index (χ1) is 10.5. The number of fused-ring (bicyclic) bond motifs is 1. The lowest BCUT2D eigenvalue weighted by Crippen LogP contribution is -2.17. The average molecular weight is 293 g/mol. The Balaban J connectivity index is 2.29. The van der Waals surface area contributed by atoms with Gasteiger partial charge < -0.3 is 9.67 Å². The highest BCUT2D eigenvalue weighted by atomic mass is 16.3. The van der Waals surface area contributed by atoms with Gasteiger partial charge in [0.1, 0.15) is 5.69 Å². The van der Waals surface area contributed by atoms with Crippen LogP contribution in [-0.2, 0) is 7.05 Å². The largest absolute Gasteiger partial charge is 0.503 e. The number of rotatable bonds is 2. The van der Waals surface area contributed by atoms with Crippen LogP contribution in [0.3, 0.4) is 0 Å². The second-order valence-electron chi connectivity index (χ2n) is 5.30. The van der Waals surface area contributed by atoms with Gasteiger partial charge in [-0.2, -0.15) is 0 Å². The molecule has 110 valence electrons. The Morgan fingerprint density at radius 1 is 1.05 bits per heavy atom. The van der Waals surface area contributed by atoms with Gasteiger partial charge in [0.05, 0.1) is 5.52 Å². The summed E-state index contributed by atoms with van der Waals surface area (Å²) in [6, 6.07) is 13.9. The SMILES string of the molecule is Cc1ccc(C(=O)c2c(O)c(=O)c3ccccc3n2C)cc1. The Kier molecular flexibility index (Phi) is 3.29. The van der Waals surface area contributed by atoms with Crippen molar-refractivity contribution >= 4 is 16.7 Å². The molecule has 3 rings (SSSR count). The molecule has 0 unspecified atom stereocenters. The smallest absolute Gasteiger partial charge is 0.231 e. The zero-order chi connectivity index (χ0) is 15.9. The number of aromatic hydroxyl groups is 1. The van der Waals surface area contributed by atoms with E-state index < -0.39 is 11.2 Å². The van der Waals surface area contributed by atoms with Crippen LogP contribution in [0, 0.1) is 6.92 Å². The Morgan fingerprint density at radius 2 is 1.68 bits per heavy atom. The van der Waals surface area contributed by atoms with Crippen molar-refractivity contribution in [2.45, 2.75) is 6.92 Å². The number of ketones is 1. The molecule has 0 spiro atoms. The number of benzene rings is 2. The summed E-state index contributed by atoms with van der Waals surface area (Å²) < 4.78 is 1.56. The quantitative estimate of drug-likeness (QED) is 0.739. The number of hydrogen-bond acceptors (Lipinski definition) is 3. The lowest BCUT2D eigenvalue weighted by atomic mass is 10.0. The molecule has 0 radical (unpaired) electrons. The highest BCUT2D eigenvalue weighted by Gasteiger charge is 2.21. The fourth-order valence-corrected chi connectivity index (χ4v) is 2.57. The number of pyridine rings is 1. The lowest BCUT2D eigenvalue weighted by molar-refractivity contribution is 0.102. The second-order valence-corrected chi connectivity index (χ2v) is 5.30. The third kappa shape index (κ3) is 2.09. The van der Waals surface area contributed by atoms with Crippen LogP contribution in [0.1, 0.15) is 21.6 Å². The number of carbonyl (C=O) groups is 1. The summed E-state index contributed by atoms with van der Waals surface area (Å²) in [4.78, 5) is 25.0. The van der Waals surface area contributed by atoms with Gasteiger partial charge in [-0.1, -0.05) is 42.0 Å². The number of aromatic nitrogens is 1. The van der Waals surface area contributed by atoms with Crippen molar-refractivity contribution in [2.75, 3.05) is 0 Å². The molecule has 0 aliphatic heterocycles. The molecule has 22 heavy (non-hydrogen) atoms. The Labute approximate surface area is 127 Å².